The van der Waals surface area contributed by atoms with Crippen molar-refractivity contribution >= 4 is 53.2 Å². The molecule has 3 rings (SSSR count). The number of rotatable bonds is 6. The molecule has 0 radical (unpaired) electrons. The predicted molar refractivity (Wildman–Crippen MR) is 104 cm³/mol. The maximum absolute atomic E-state index is 12.5. The van der Waals surface area contributed by atoms with Gasteiger partial charge in [-0.1, -0.05) is 11.6 Å². The van der Waals surface area contributed by atoms with Crippen molar-refractivity contribution in [1.82, 2.24) is 10.3 Å². The Morgan fingerprint density at radius 2 is 2.00 bits per heavy atom. The summed E-state index contributed by atoms with van der Waals surface area (Å²) in [5, 5.41) is 4.40. The predicted octanol–water partition coefficient (Wildman–Crippen LogP) is 4.08. The molecule has 2 aromatic rings. The molecule has 1 fully saturated rings. The van der Waals surface area contributed by atoms with Gasteiger partial charge in [-0.2, -0.15) is 0 Å². The number of hydrogen-bond donors (Lipinski definition) is 2. The molecule has 0 saturated heterocycles. The first kappa shape index (κ1) is 21.0. The van der Waals surface area contributed by atoms with Crippen LogP contribution in [0.5, 0.6) is 0 Å². The molecule has 0 unspecified atom stereocenters. The van der Waals surface area contributed by atoms with Gasteiger partial charge in [0.15, 0.2) is 0 Å². The first-order valence-corrected chi connectivity index (χ1v) is 8.15. The zero-order valence-corrected chi connectivity index (χ0v) is 15.6. The SMILES string of the molecule is Cl.Cl.NCCCCNC(=O)c1cc(C2CC2)nc2ccc(Cl)cc12. The first-order chi connectivity index (χ1) is 10.7. The number of amides is 1. The van der Waals surface area contributed by atoms with Gasteiger partial charge in [0.05, 0.1) is 11.1 Å². The number of carbonyl (C=O) groups is 1. The van der Waals surface area contributed by atoms with Crippen molar-refractivity contribution in [3.63, 3.8) is 0 Å². The van der Waals surface area contributed by atoms with Crippen molar-refractivity contribution in [2.24, 2.45) is 5.73 Å². The third-order valence-electron chi connectivity index (χ3n) is 3.95. The van der Waals surface area contributed by atoms with Crippen LogP contribution in [0.15, 0.2) is 24.3 Å². The van der Waals surface area contributed by atoms with Crippen molar-refractivity contribution < 1.29 is 4.79 Å². The Morgan fingerprint density at radius 1 is 1.25 bits per heavy atom. The molecule has 7 heteroatoms. The Kier molecular flexibility index (Phi) is 8.23. The van der Waals surface area contributed by atoms with Crippen LogP contribution >= 0.6 is 36.4 Å². The van der Waals surface area contributed by atoms with E-state index in [-0.39, 0.29) is 30.7 Å². The number of fused-ring (bicyclic) bond motifs is 1. The molecule has 1 aliphatic carbocycles. The molecule has 1 aliphatic rings. The lowest BCUT2D eigenvalue weighted by Crippen LogP contribution is -2.25. The van der Waals surface area contributed by atoms with Gasteiger partial charge in [-0.05, 0) is 56.5 Å². The van der Waals surface area contributed by atoms with E-state index < -0.39 is 0 Å². The van der Waals surface area contributed by atoms with Crippen molar-refractivity contribution in [3.05, 3.63) is 40.5 Å². The number of carbonyl (C=O) groups excluding carboxylic acids is 1. The number of nitrogens with zero attached hydrogens (tertiary/aromatic N) is 1. The van der Waals surface area contributed by atoms with Crippen LogP contribution < -0.4 is 11.1 Å². The van der Waals surface area contributed by atoms with E-state index >= 15 is 0 Å². The molecule has 0 atom stereocenters. The lowest BCUT2D eigenvalue weighted by molar-refractivity contribution is 0.0954. The molecule has 4 nitrogen and oxygen atoms in total. The molecule has 1 amide bonds. The highest BCUT2D eigenvalue weighted by molar-refractivity contribution is 6.31. The van der Waals surface area contributed by atoms with Crippen LogP contribution in [0.25, 0.3) is 10.9 Å². The fourth-order valence-electron chi connectivity index (χ4n) is 2.56. The molecule has 1 saturated carbocycles. The zero-order chi connectivity index (χ0) is 15.5. The summed E-state index contributed by atoms with van der Waals surface area (Å²) < 4.78 is 0. The summed E-state index contributed by atoms with van der Waals surface area (Å²) in [5.74, 6) is 0.442. The van der Waals surface area contributed by atoms with Gasteiger partial charge in [0.2, 0.25) is 0 Å². The van der Waals surface area contributed by atoms with E-state index in [1.807, 2.05) is 24.3 Å². The summed E-state index contributed by atoms with van der Waals surface area (Å²) >= 11 is 6.08. The Labute approximate surface area is 159 Å². The summed E-state index contributed by atoms with van der Waals surface area (Å²) in [4.78, 5) is 17.2. The summed E-state index contributed by atoms with van der Waals surface area (Å²) in [6.07, 6.45) is 4.12. The molecule has 3 N–H and O–H groups in total. The minimum atomic E-state index is -0.0615. The quantitative estimate of drug-likeness (QED) is 0.730. The van der Waals surface area contributed by atoms with Gasteiger partial charge in [-0.3, -0.25) is 9.78 Å². The van der Waals surface area contributed by atoms with Crippen LogP contribution in [-0.4, -0.2) is 24.0 Å². The van der Waals surface area contributed by atoms with E-state index in [0.717, 1.165) is 42.3 Å². The number of unbranched alkanes of at least 4 members (excludes halogenated alkanes) is 1. The number of nitrogens with two attached hydrogens (primary N) is 1. The van der Waals surface area contributed by atoms with Crippen LogP contribution in [0.1, 0.15) is 47.7 Å². The molecule has 1 aromatic carbocycles. The minimum Gasteiger partial charge on any atom is -0.352 e. The monoisotopic (exact) mass is 389 g/mol. The van der Waals surface area contributed by atoms with Crippen molar-refractivity contribution in [2.45, 2.75) is 31.6 Å². The number of pyridine rings is 1. The second-order valence-corrected chi connectivity index (χ2v) is 6.22. The third-order valence-corrected chi connectivity index (χ3v) is 4.18. The van der Waals surface area contributed by atoms with Gasteiger partial charge in [-0.15, -0.1) is 24.8 Å². The molecule has 1 aromatic heterocycles. The van der Waals surface area contributed by atoms with Crippen LogP contribution in [0.2, 0.25) is 5.02 Å². The average Bonchev–Trinajstić information content (AvgIpc) is 3.35. The first-order valence-electron chi connectivity index (χ1n) is 7.77. The van der Waals surface area contributed by atoms with Crippen molar-refractivity contribution in [3.8, 4) is 0 Å². The summed E-state index contributed by atoms with van der Waals surface area (Å²) in [5.41, 5.74) is 7.99. The van der Waals surface area contributed by atoms with Crippen LogP contribution in [0, 0.1) is 0 Å². The van der Waals surface area contributed by atoms with Gasteiger partial charge in [0.1, 0.15) is 0 Å². The van der Waals surface area contributed by atoms with Gasteiger partial charge in [-0.25, -0.2) is 0 Å². The third kappa shape index (κ3) is 4.96. The fraction of sp³-hybridized carbons (Fsp3) is 0.412. The Hall–Kier alpha value is -1.07. The topological polar surface area (TPSA) is 68.0 Å². The van der Waals surface area contributed by atoms with Gasteiger partial charge >= 0.3 is 0 Å². The lowest BCUT2D eigenvalue weighted by Gasteiger charge is -2.10. The van der Waals surface area contributed by atoms with Crippen LogP contribution in [0.4, 0.5) is 0 Å². The van der Waals surface area contributed by atoms with E-state index in [2.05, 4.69) is 10.3 Å². The van der Waals surface area contributed by atoms with Gasteiger partial charge in [0, 0.05) is 28.6 Å². The highest BCUT2D eigenvalue weighted by atomic mass is 35.5. The number of aromatic nitrogens is 1. The lowest BCUT2D eigenvalue weighted by atomic mass is 10.1. The number of benzene rings is 1. The molecule has 0 bridgehead atoms. The number of nitrogens with one attached hydrogen (secondary N) is 1. The van der Waals surface area contributed by atoms with Crippen LogP contribution in [0.3, 0.4) is 0 Å². The molecule has 0 aliphatic heterocycles. The van der Waals surface area contributed by atoms with E-state index in [1.54, 1.807) is 0 Å². The fourth-order valence-corrected chi connectivity index (χ4v) is 2.73. The van der Waals surface area contributed by atoms with E-state index in [9.17, 15) is 4.79 Å². The number of halogens is 3. The van der Waals surface area contributed by atoms with E-state index in [4.69, 9.17) is 17.3 Å². The standard InChI is InChI=1S/C17H20ClN3O.2ClH/c18-12-5-6-15-13(9-12)14(10-16(21-15)11-3-4-11)17(22)20-8-2-1-7-19;;/h5-6,9-11H,1-4,7-8,19H2,(H,20,22);2*1H. The Bertz CT molecular complexity index is 705. The van der Waals surface area contributed by atoms with E-state index in [1.165, 1.54) is 0 Å². The second kappa shape index (κ2) is 9.42. The maximum atomic E-state index is 12.5. The van der Waals surface area contributed by atoms with E-state index in [0.29, 0.717) is 29.6 Å². The average molecular weight is 391 g/mol. The molecule has 1 heterocycles. The largest absolute Gasteiger partial charge is 0.352 e. The second-order valence-electron chi connectivity index (χ2n) is 5.78. The van der Waals surface area contributed by atoms with Crippen LogP contribution in [-0.2, 0) is 0 Å². The highest BCUT2D eigenvalue weighted by Crippen LogP contribution is 2.40. The van der Waals surface area contributed by atoms with Gasteiger partial charge < -0.3 is 11.1 Å². The maximum Gasteiger partial charge on any atom is 0.252 e. The molecule has 132 valence electrons. The molecular formula is C17H22Cl3N3O. The van der Waals surface area contributed by atoms with Crippen molar-refractivity contribution in [1.29, 1.82) is 0 Å². The summed E-state index contributed by atoms with van der Waals surface area (Å²) in [6.45, 7) is 1.29. The normalized spacial score (nSPS) is 13.1. The van der Waals surface area contributed by atoms with Crippen molar-refractivity contribution in [2.75, 3.05) is 13.1 Å². The molecule has 0 spiro atoms. The highest BCUT2D eigenvalue weighted by Gasteiger charge is 2.27. The zero-order valence-electron chi connectivity index (χ0n) is 13.3. The smallest absolute Gasteiger partial charge is 0.252 e. The Morgan fingerprint density at radius 3 is 2.67 bits per heavy atom. The summed E-state index contributed by atoms with van der Waals surface area (Å²) in [6, 6.07) is 7.44. The summed E-state index contributed by atoms with van der Waals surface area (Å²) in [7, 11) is 0. The molecule has 24 heavy (non-hydrogen) atoms. The van der Waals surface area contributed by atoms with Gasteiger partial charge in [0.25, 0.3) is 5.91 Å². The Balaban J connectivity index is 0.00000144. The molecular weight excluding hydrogens is 369 g/mol. The number of hydrogen-bond acceptors (Lipinski definition) is 3. The minimum absolute atomic E-state index is 0.